The zero-order valence-electron chi connectivity index (χ0n) is 19.4. The Morgan fingerprint density at radius 1 is 1.03 bits per heavy atom. The Morgan fingerprint density at radius 3 is 2.56 bits per heavy atom. The van der Waals surface area contributed by atoms with E-state index >= 15 is 0 Å². The van der Waals surface area contributed by atoms with Crippen molar-refractivity contribution in [1.82, 2.24) is 4.98 Å². The second-order valence-corrected chi connectivity index (χ2v) is 8.52. The lowest BCUT2D eigenvalue weighted by Crippen LogP contribution is -2.25. The monoisotopic (exact) mass is 434 g/mol. The molecule has 1 heterocycles. The van der Waals surface area contributed by atoms with Gasteiger partial charge in [-0.25, -0.2) is 4.98 Å². The van der Waals surface area contributed by atoms with Crippen molar-refractivity contribution in [1.29, 1.82) is 0 Å². The molecule has 0 spiro atoms. The van der Waals surface area contributed by atoms with Gasteiger partial charge < -0.3 is 14.7 Å². The highest BCUT2D eigenvalue weighted by molar-refractivity contribution is 5.88. The number of fused-ring (bicyclic) bond motifs is 1. The first-order valence-electron chi connectivity index (χ1n) is 11.6. The fraction of sp³-hybridized carbons (Fsp3) is 0.407. The molecule has 0 aliphatic rings. The van der Waals surface area contributed by atoms with Crippen molar-refractivity contribution in [2.45, 2.75) is 58.8 Å². The van der Waals surface area contributed by atoms with E-state index in [0.29, 0.717) is 11.6 Å². The molecule has 0 saturated heterocycles. The second-order valence-electron chi connectivity index (χ2n) is 8.52. The molecule has 0 atom stereocenters. The molecule has 2 aromatic carbocycles. The lowest BCUT2D eigenvalue weighted by atomic mass is 10.0. The van der Waals surface area contributed by atoms with Crippen molar-refractivity contribution in [2.75, 3.05) is 18.5 Å². The van der Waals surface area contributed by atoms with Gasteiger partial charge in [0.05, 0.1) is 5.52 Å². The molecule has 3 rings (SSSR count). The number of anilines is 1. The zero-order valence-corrected chi connectivity index (χ0v) is 19.4. The zero-order chi connectivity index (χ0) is 22.9. The van der Waals surface area contributed by atoms with Crippen LogP contribution in [0.3, 0.4) is 0 Å². The second kappa shape index (κ2) is 11.5. The van der Waals surface area contributed by atoms with Crippen LogP contribution in [0, 0.1) is 6.92 Å². The third kappa shape index (κ3) is 6.71. The number of hydrogen-bond acceptors (Lipinski definition) is 4. The molecule has 0 unspecified atom stereocenters. The Hall–Kier alpha value is -3.08. The lowest BCUT2D eigenvalue weighted by molar-refractivity contribution is -0.135. The predicted octanol–water partition coefficient (Wildman–Crippen LogP) is 6.76. The number of carboxylic acid groups (broad SMARTS) is 1. The summed E-state index contributed by atoms with van der Waals surface area (Å²) in [5.41, 5.74) is 3.19. The van der Waals surface area contributed by atoms with Crippen molar-refractivity contribution in [2.24, 2.45) is 0 Å². The van der Waals surface area contributed by atoms with Gasteiger partial charge >= 0.3 is 5.97 Å². The maximum Gasteiger partial charge on any atom is 0.323 e. The van der Waals surface area contributed by atoms with Gasteiger partial charge in [0.2, 0.25) is 0 Å². The minimum atomic E-state index is -0.898. The van der Waals surface area contributed by atoms with Crippen LogP contribution in [-0.4, -0.2) is 29.7 Å². The molecule has 0 fully saturated rings. The van der Waals surface area contributed by atoms with Gasteiger partial charge in [-0.05, 0) is 55.2 Å². The van der Waals surface area contributed by atoms with Crippen LogP contribution in [0.25, 0.3) is 10.9 Å². The Kier molecular flexibility index (Phi) is 8.48. The van der Waals surface area contributed by atoms with Gasteiger partial charge in [-0.3, -0.25) is 4.79 Å². The number of ether oxygens (including phenoxy) is 1. The Labute approximate surface area is 191 Å². The van der Waals surface area contributed by atoms with E-state index in [4.69, 9.17) is 9.72 Å². The van der Waals surface area contributed by atoms with Gasteiger partial charge in [0.1, 0.15) is 23.9 Å². The minimum absolute atomic E-state index is 0.126. The van der Waals surface area contributed by atoms with Crippen LogP contribution in [0.4, 0.5) is 5.82 Å². The SMILES string of the molecule is CCCCCCCCc1ccc2nc(N(C)CC(=O)O)cc(Oc3cccc(C)c3)c2c1. The van der Waals surface area contributed by atoms with Crippen LogP contribution >= 0.6 is 0 Å². The molecule has 0 bridgehead atoms. The van der Waals surface area contributed by atoms with Crippen LogP contribution in [0.2, 0.25) is 0 Å². The first-order chi connectivity index (χ1) is 15.5. The number of likely N-dealkylation sites (N-methyl/N-ethyl adjacent to an activating group) is 1. The fourth-order valence-electron chi connectivity index (χ4n) is 3.86. The number of aryl methyl sites for hydroxylation is 2. The van der Waals surface area contributed by atoms with Gasteiger partial charge in [-0.1, -0.05) is 57.2 Å². The van der Waals surface area contributed by atoms with Crippen LogP contribution in [-0.2, 0) is 11.2 Å². The summed E-state index contributed by atoms with van der Waals surface area (Å²) in [6.07, 6.45) is 8.67. The third-order valence-electron chi connectivity index (χ3n) is 5.62. The van der Waals surface area contributed by atoms with E-state index in [1.807, 2.05) is 43.3 Å². The standard InChI is InChI=1S/C27H34N2O3/c1-4-5-6-7-8-9-12-21-14-15-24-23(17-21)25(32-22-13-10-11-20(2)16-22)18-26(28-24)29(3)19-27(30)31/h10-11,13-18H,4-9,12,19H2,1-3H3,(H,30,31). The van der Waals surface area contributed by atoms with E-state index in [1.54, 1.807) is 11.9 Å². The summed E-state index contributed by atoms with van der Waals surface area (Å²) in [5, 5.41) is 10.1. The number of aromatic nitrogens is 1. The Morgan fingerprint density at radius 2 is 1.81 bits per heavy atom. The van der Waals surface area contributed by atoms with Gasteiger partial charge in [-0.15, -0.1) is 0 Å². The van der Waals surface area contributed by atoms with E-state index in [9.17, 15) is 9.90 Å². The van der Waals surface area contributed by atoms with Crippen LogP contribution in [0.1, 0.15) is 56.6 Å². The Bertz CT molecular complexity index is 1050. The van der Waals surface area contributed by atoms with Crippen LogP contribution in [0.5, 0.6) is 11.5 Å². The quantitative estimate of drug-likeness (QED) is 0.319. The summed E-state index contributed by atoms with van der Waals surface area (Å²) in [6, 6.07) is 16.1. The highest BCUT2D eigenvalue weighted by Crippen LogP contribution is 2.33. The fourth-order valence-corrected chi connectivity index (χ4v) is 3.86. The maximum atomic E-state index is 11.2. The molecule has 0 amide bonds. The molecule has 0 aliphatic carbocycles. The van der Waals surface area contributed by atoms with Crippen molar-refractivity contribution in [3.05, 3.63) is 59.7 Å². The number of hydrogen-bond donors (Lipinski definition) is 1. The molecule has 32 heavy (non-hydrogen) atoms. The van der Waals surface area contributed by atoms with Crippen molar-refractivity contribution < 1.29 is 14.6 Å². The molecule has 0 saturated carbocycles. The van der Waals surface area contributed by atoms with Crippen molar-refractivity contribution >= 4 is 22.7 Å². The molecule has 0 aliphatic heterocycles. The summed E-state index contributed by atoms with van der Waals surface area (Å²) in [4.78, 5) is 17.5. The number of unbranched alkanes of at least 4 members (excludes halogenated alkanes) is 5. The lowest BCUT2D eigenvalue weighted by Gasteiger charge is -2.19. The normalized spacial score (nSPS) is 11.0. The van der Waals surface area contributed by atoms with Gasteiger partial charge in [-0.2, -0.15) is 0 Å². The van der Waals surface area contributed by atoms with Crippen molar-refractivity contribution in [3.63, 3.8) is 0 Å². The number of aliphatic carboxylic acids is 1. The number of carbonyl (C=O) groups is 1. The highest BCUT2D eigenvalue weighted by Gasteiger charge is 2.14. The van der Waals surface area contributed by atoms with E-state index in [1.165, 1.54) is 44.1 Å². The molecular formula is C27H34N2O3. The van der Waals surface area contributed by atoms with Gasteiger partial charge in [0, 0.05) is 18.5 Å². The molecule has 170 valence electrons. The van der Waals surface area contributed by atoms with Crippen LogP contribution in [0.15, 0.2) is 48.5 Å². The number of carboxylic acids is 1. The number of pyridine rings is 1. The first-order valence-corrected chi connectivity index (χ1v) is 11.6. The maximum absolute atomic E-state index is 11.2. The average molecular weight is 435 g/mol. The van der Waals surface area contributed by atoms with Gasteiger partial charge in [0.25, 0.3) is 0 Å². The highest BCUT2D eigenvalue weighted by atomic mass is 16.5. The van der Waals surface area contributed by atoms with E-state index < -0.39 is 5.97 Å². The molecule has 1 N–H and O–H groups in total. The molecule has 5 nitrogen and oxygen atoms in total. The van der Waals surface area contributed by atoms with E-state index in [0.717, 1.165) is 28.6 Å². The summed E-state index contributed by atoms with van der Waals surface area (Å²) in [6.45, 7) is 4.14. The summed E-state index contributed by atoms with van der Waals surface area (Å²) in [7, 11) is 1.73. The molecule has 3 aromatic rings. The number of benzene rings is 2. The smallest absolute Gasteiger partial charge is 0.323 e. The van der Waals surface area contributed by atoms with Crippen molar-refractivity contribution in [3.8, 4) is 11.5 Å². The predicted molar refractivity (Wildman–Crippen MR) is 131 cm³/mol. The van der Waals surface area contributed by atoms with Crippen LogP contribution < -0.4 is 9.64 Å². The minimum Gasteiger partial charge on any atom is -0.480 e. The molecular weight excluding hydrogens is 400 g/mol. The largest absolute Gasteiger partial charge is 0.480 e. The number of nitrogens with zero attached hydrogens (tertiary/aromatic N) is 2. The van der Waals surface area contributed by atoms with E-state index in [2.05, 4.69) is 19.1 Å². The topological polar surface area (TPSA) is 62.7 Å². The van der Waals surface area contributed by atoms with E-state index in [-0.39, 0.29) is 6.54 Å². The Balaban J connectivity index is 1.88. The first kappa shape index (κ1) is 23.6. The third-order valence-corrected chi connectivity index (χ3v) is 5.62. The summed E-state index contributed by atoms with van der Waals surface area (Å²) in [5.74, 6) is 1.12. The molecule has 1 aromatic heterocycles. The molecule has 0 radical (unpaired) electrons. The molecule has 5 heteroatoms. The average Bonchev–Trinajstić information content (AvgIpc) is 2.75. The summed E-state index contributed by atoms with van der Waals surface area (Å²) >= 11 is 0. The number of rotatable bonds is 12. The van der Waals surface area contributed by atoms with Gasteiger partial charge in [0.15, 0.2) is 0 Å². The summed E-state index contributed by atoms with van der Waals surface area (Å²) < 4.78 is 6.28.